The Morgan fingerprint density at radius 1 is 1.03 bits per heavy atom. The minimum atomic E-state index is -1.08. The summed E-state index contributed by atoms with van der Waals surface area (Å²) in [6.07, 6.45) is 7.04. The first-order valence-corrected chi connectivity index (χ1v) is 14.2. The highest BCUT2D eigenvalue weighted by Crippen LogP contribution is 2.33. The van der Waals surface area contributed by atoms with Gasteiger partial charge in [-0.3, -0.25) is 9.59 Å². The summed E-state index contributed by atoms with van der Waals surface area (Å²) < 4.78 is 28.3. The van der Waals surface area contributed by atoms with Crippen LogP contribution in [0.4, 0.5) is 4.39 Å². The molecule has 6 rings (SSSR count). The average Bonchev–Trinajstić information content (AvgIpc) is 3.26. The lowest BCUT2D eigenvalue weighted by atomic mass is 9.91. The second-order valence-corrected chi connectivity index (χ2v) is 11.0. The summed E-state index contributed by atoms with van der Waals surface area (Å²) in [5, 5.41) is 3.91. The number of carbonyl (C=O) groups excluding carboxylic acids is 2. The molecule has 1 N–H and O–H groups in total. The molecule has 1 aliphatic carbocycles. The third-order valence-electron chi connectivity index (χ3n) is 8.48. The molecule has 8 heteroatoms. The highest BCUT2D eigenvalue weighted by atomic mass is 19.1. The highest BCUT2D eigenvalue weighted by Gasteiger charge is 2.44. The molecule has 1 spiro atoms. The lowest BCUT2D eigenvalue weighted by Crippen LogP contribution is -2.61. The number of amides is 2. The van der Waals surface area contributed by atoms with E-state index in [4.69, 9.17) is 9.47 Å². The van der Waals surface area contributed by atoms with Crippen LogP contribution in [0.3, 0.4) is 0 Å². The van der Waals surface area contributed by atoms with E-state index in [2.05, 4.69) is 16.0 Å². The summed E-state index contributed by atoms with van der Waals surface area (Å²) in [5.74, 6) is 0.396. The molecule has 7 nitrogen and oxygen atoms in total. The molecule has 2 aliphatic heterocycles. The van der Waals surface area contributed by atoms with Gasteiger partial charge in [-0.15, -0.1) is 0 Å². The van der Waals surface area contributed by atoms with Gasteiger partial charge in [-0.05, 0) is 86.8 Å². The smallest absolute Gasteiger partial charge is 0.254 e. The average molecular weight is 534 g/mol. The van der Waals surface area contributed by atoms with E-state index in [1.165, 1.54) is 17.2 Å². The van der Waals surface area contributed by atoms with Gasteiger partial charge in [-0.1, -0.05) is 18.2 Å². The largest absolute Gasteiger partial charge is 0.491 e. The van der Waals surface area contributed by atoms with Crippen LogP contribution in [0, 0.1) is 5.82 Å². The summed E-state index contributed by atoms with van der Waals surface area (Å²) in [6, 6.07) is 12.9. The molecule has 39 heavy (non-hydrogen) atoms. The van der Waals surface area contributed by atoms with Gasteiger partial charge in [0.15, 0.2) is 5.60 Å². The van der Waals surface area contributed by atoms with Crippen molar-refractivity contribution in [3.8, 4) is 5.75 Å². The number of aryl methyl sites for hydroxylation is 2. The summed E-state index contributed by atoms with van der Waals surface area (Å²) in [5.41, 5.74) is 3.31. The molecular formula is C31H36FN3O4. The number of nitrogens with zero attached hydrogens (tertiary/aromatic N) is 2. The molecule has 1 aromatic heterocycles. The topological polar surface area (TPSA) is 72.8 Å². The second-order valence-electron chi connectivity index (χ2n) is 11.0. The number of nitrogens with one attached hydrogen (secondary N) is 1. The van der Waals surface area contributed by atoms with Crippen molar-refractivity contribution < 1.29 is 23.5 Å². The Bertz CT molecular complexity index is 1390. The van der Waals surface area contributed by atoms with Crippen LogP contribution in [-0.2, 0) is 40.1 Å². The quantitative estimate of drug-likeness (QED) is 0.537. The number of hydrogen-bond acceptors (Lipinski definition) is 4. The number of ether oxygens (including phenoxy) is 2. The van der Waals surface area contributed by atoms with E-state index in [1.54, 1.807) is 17.0 Å². The summed E-state index contributed by atoms with van der Waals surface area (Å²) in [6.45, 7) is 1.90. The molecule has 1 atom stereocenters. The number of fused-ring (bicyclic) bond motifs is 4. The van der Waals surface area contributed by atoms with Gasteiger partial charge in [-0.2, -0.15) is 0 Å². The van der Waals surface area contributed by atoms with Crippen molar-refractivity contribution >= 4 is 22.7 Å². The maximum atomic E-state index is 14.1. The summed E-state index contributed by atoms with van der Waals surface area (Å²) in [4.78, 5) is 29.0. The van der Waals surface area contributed by atoms with E-state index >= 15 is 0 Å². The number of morpholine rings is 1. The highest BCUT2D eigenvalue weighted by molar-refractivity contribution is 5.89. The zero-order valence-corrected chi connectivity index (χ0v) is 22.3. The van der Waals surface area contributed by atoms with Crippen LogP contribution < -0.4 is 10.1 Å². The Labute approximate surface area is 228 Å². The van der Waals surface area contributed by atoms with E-state index in [0.717, 1.165) is 67.3 Å². The van der Waals surface area contributed by atoms with Gasteiger partial charge in [0.05, 0.1) is 19.7 Å². The molecule has 0 saturated carbocycles. The van der Waals surface area contributed by atoms with Crippen LogP contribution in [0.15, 0.2) is 42.5 Å². The van der Waals surface area contributed by atoms with Crippen molar-refractivity contribution in [1.29, 1.82) is 0 Å². The zero-order chi connectivity index (χ0) is 26.8. The van der Waals surface area contributed by atoms with E-state index in [9.17, 15) is 14.0 Å². The van der Waals surface area contributed by atoms with E-state index < -0.39 is 5.60 Å². The van der Waals surface area contributed by atoms with Gasteiger partial charge < -0.3 is 24.3 Å². The Morgan fingerprint density at radius 2 is 1.87 bits per heavy atom. The number of rotatable bonds is 2. The number of benzene rings is 2. The number of carbonyl (C=O) groups is 2. The minimum absolute atomic E-state index is 0.0385. The first-order valence-electron chi connectivity index (χ1n) is 14.2. The molecule has 1 unspecified atom stereocenters. The molecule has 2 amide bonds. The minimum Gasteiger partial charge on any atom is -0.491 e. The molecule has 206 valence electrons. The van der Waals surface area contributed by atoms with Gasteiger partial charge in [0, 0.05) is 23.1 Å². The van der Waals surface area contributed by atoms with E-state index in [0.29, 0.717) is 32.7 Å². The maximum absolute atomic E-state index is 14.1. The molecule has 3 heterocycles. The molecule has 1 saturated heterocycles. The van der Waals surface area contributed by atoms with Crippen molar-refractivity contribution in [2.75, 3.05) is 32.8 Å². The van der Waals surface area contributed by atoms with Crippen LogP contribution in [0.5, 0.6) is 5.75 Å². The van der Waals surface area contributed by atoms with E-state index in [1.807, 2.05) is 18.2 Å². The van der Waals surface area contributed by atoms with Crippen LogP contribution in [0.2, 0.25) is 0 Å². The van der Waals surface area contributed by atoms with Crippen molar-refractivity contribution in [2.45, 2.75) is 63.5 Å². The Hall–Kier alpha value is -3.39. The Morgan fingerprint density at radius 3 is 2.79 bits per heavy atom. The SMILES string of the molecule is O=C(Cn1c2c(c3cc(F)ccc31)CCCC2)N1CCOC2(CCCCc3ccccc3OCCNC2=O)C1. The monoisotopic (exact) mass is 533 g/mol. The first kappa shape index (κ1) is 25.9. The van der Waals surface area contributed by atoms with Crippen LogP contribution in [0.25, 0.3) is 10.9 Å². The molecule has 0 radical (unpaired) electrons. The van der Waals surface area contributed by atoms with Crippen molar-refractivity contribution in [1.82, 2.24) is 14.8 Å². The molecule has 0 bridgehead atoms. The van der Waals surface area contributed by atoms with Crippen molar-refractivity contribution in [3.63, 3.8) is 0 Å². The van der Waals surface area contributed by atoms with Crippen molar-refractivity contribution in [3.05, 3.63) is 65.1 Å². The fourth-order valence-corrected chi connectivity index (χ4v) is 6.49. The molecular weight excluding hydrogens is 497 g/mol. The number of halogens is 1. The Kier molecular flexibility index (Phi) is 7.30. The zero-order valence-electron chi connectivity index (χ0n) is 22.3. The molecule has 3 aliphatic rings. The maximum Gasteiger partial charge on any atom is 0.254 e. The third kappa shape index (κ3) is 5.14. The van der Waals surface area contributed by atoms with Gasteiger partial charge in [-0.25, -0.2) is 4.39 Å². The lowest BCUT2D eigenvalue weighted by Gasteiger charge is -2.42. The van der Waals surface area contributed by atoms with Crippen molar-refractivity contribution in [2.24, 2.45) is 0 Å². The summed E-state index contributed by atoms with van der Waals surface area (Å²) >= 11 is 0. The van der Waals surface area contributed by atoms with Gasteiger partial charge in [0.1, 0.15) is 24.7 Å². The molecule has 2 aromatic carbocycles. The number of hydrogen-bond donors (Lipinski definition) is 1. The van der Waals surface area contributed by atoms with Crippen LogP contribution in [-0.4, -0.2) is 59.7 Å². The van der Waals surface area contributed by atoms with Gasteiger partial charge in [0.2, 0.25) is 5.91 Å². The van der Waals surface area contributed by atoms with Crippen LogP contribution >= 0.6 is 0 Å². The summed E-state index contributed by atoms with van der Waals surface area (Å²) in [7, 11) is 0. The van der Waals surface area contributed by atoms with Crippen LogP contribution in [0.1, 0.15) is 48.9 Å². The fourth-order valence-electron chi connectivity index (χ4n) is 6.49. The van der Waals surface area contributed by atoms with Gasteiger partial charge in [0.25, 0.3) is 5.91 Å². The molecule has 3 aromatic rings. The predicted octanol–water partition coefficient (Wildman–Crippen LogP) is 4.18. The normalized spacial score (nSPS) is 22.3. The lowest BCUT2D eigenvalue weighted by molar-refractivity contribution is -0.168. The molecule has 1 fully saturated rings. The van der Waals surface area contributed by atoms with Gasteiger partial charge >= 0.3 is 0 Å². The second kappa shape index (κ2) is 11.0. The third-order valence-corrected chi connectivity index (χ3v) is 8.48. The fraction of sp³-hybridized carbons (Fsp3) is 0.484. The predicted molar refractivity (Wildman–Crippen MR) is 146 cm³/mol. The standard InChI is InChI=1S/C31H36FN3O4/c32-23-12-13-27-25(19-23)24-9-2-3-10-26(24)35(27)20-29(36)34-16-18-39-31(21-34)14-6-5-8-22-7-1-4-11-28(22)38-17-15-33-30(31)37/h1,4,7,11-13,19H,2-3,5-6,8-10,14-18,20-21H2,(H,33,37). The number of para-hydroxylation sites is 1. The first-order chi connectivity index (χ1) is 19.0. The number of aromatic nitrogens is 1. The van der Waals surface area contributed by atoms with E-state index in [-0.39, 0.29) is 30.7 Å². The Balaban J connectivity index is 1.21.